The van der Waals surface area contributed by atoms with Crippen molar-refractivity contribution < 1.29 is 14.0 Å². The molecule has 3 nitrogen and oxygen atoms in total. The SMILES string of the molecule is Clc1c(Cl)c(Cl)c(OCCOC[n+]2ccccc2)c(Cl)c1Cl. The van der Waals surface area contributed by atoms with Crippen LogP contribution in [0.5, 0.6) is 5.75 Å². The topological polar surface area (TPSA) is 22.3 Å². The van der Waals surface area contributed by atoms with Gasteiger partial charge in [-0.25, -0.2) is 0 Å². The second kappa shape index (κ2) is 8.44. The van der Waals surface area contributed by atoms with E-state index in [1.165, 1.54) is 0 Å². The molecule has 0 saturated carbocycles. The Labute approximate surface area is 153 Å². The van der Waals surface area contributed by atoms with E-state index in [0.29, 0.717) is 13.3 Å². The molecule has 22 heavy (non-hydrogen) atoms. The first-order valence-corrected chi connectivity index (χ1v) is 8.07. The van der Waals surface area contributed by atoms with Crippen LogP contribution in [0.15, 0.2) is 30.6 Å². The van der Waals surface area contributed by atoms with Gasteiger partial charge in [0.25, 0.3) is 6.73 Å². The van der Waals surface area contributed by atoms with Crippen LogP contribution in [0, 0.1) is 0 Å². The molecule has 0 saturated heterocycles. The molecule has 2 aromatic rings. The highest BCUT2D eigenvalue weighted by Gasteiger charge is 2.20. The highest BCUT2D eigenvalue weighted by Crippen LogP contribution is 2.48. The first kappa shape index (κ1) is 17.9. The number of nitrogens with zero attached hydrogens (tertiary/aromatic N) is 1. The summed E-state index contributed by atoms with van der Waals surface area (Å²) in [6.07, 6.45) is 3.79. The number of rotatable bonds is 6. The third-order valence-electron chi connectivity index (χ3n) is 2.66. The third kappa shape index (κ3) is 4.31. The van der Waals surface area contributed by atoms with Crippen molar-refractivity contribution in [3.63, 3.8) is 0 Å². The van der Waals surface area contributed by atoms with E-state index in [9.17, 15) is 0 Å². The standard InChI is InChI=1S/C14H11Cl5NO2/c15-9-10(16)12(18)14(13(19)11(9)17)22-7-6-21-8-20-4-2-1-3-5-20/h1-5H,6-8H2/q+1. The van der Waals surface area contributed by atoms with Gasteiger partial charge in [-0.05, 0) is 0 Å². The summed E-state index contributed by atoms with van der Waals surface area (Å²) in [5, 5.41) is 0.557. The van der Waals surface area contributed by atoms with Crippen molar-refractivity contribution in [1.29, 1.82) is 0 Å². The van der Waals surface area contributed by atoms with Gasteiger partial charge in [-0.1, -0.05) is 64.1 Å². The minimum Gasteiger partial charge on any atom is -0.488 e. The molecule has 0 radical (unpaired) electrons. The van der Waals surface area contributed by atoms with Crippen LogP contribution in [-0.4, -0.2) is 13.2 Å². The summed E-state index contributed by atoms with van der Waals surface area (Å²) in [7, 11) is 0. The fraction of sp³-hybridized carbons (Fsp3) is 0.214. The monoisotopic (exact) mass is 400 g/mol. The van der Waals surface area contributed by atoms with E-state index in [-0.39, 0.29) is 37.5 Å². The fourth-order valence-electron chi connectivity index (χ4n) is 1.60. The average molecular weight is 403 g/mol. The Hall–Kier alpha value is -0.420. The fourth-order valence-corrected chi connectivity index (χ4v) is 2.83. The van der Waals surface area contributed by atoms with E-state index < -0.39 is 0 Å². The number of halogens is 5. The lowest BCUT2D eigenvalue weighted by Crippen LogP contribution is -2.34. The van der Waals surface area contributed by atoms with Gasteiger partial charge in [-0.2, -0.15) is 4.57 Å². The predicted molar refractivity (Wildman–Crippen MR) is 89.6 cm³/mol. The number of benzene rings is 1. The van der Waals surface area contributed by atoms with Gasteiger partial charge >= 0.3 is 0 Å². The van der Waals surface area contributed by atoms with Crippen LogP contribution in [0.1, 0.15) is 0 Å². The van der Waals surface area contributed by atoms with Crippen LogP contribution >= 0.6 is 58.0 Å². The molecule has 0 aliphatic heterocycles. The lowest BCUT2D eigenvalue weighted by atomic mass is 10.3. The molecule has 8 heteroatoms. The van der Waals surface area contributed by atoms with E-state index >= 15 is 0 Å². The van der Waals surface area contributed by atoms with Crippen molar-refractivity contribution >= 4 is 58.0 Å². The van der Waals surface area contributed by atoms with E-state index in [2.05, 4.69) is 0 Å². The number of pyridine rings is 1. The van der Waals surface area contributed by atoms with Gasteiger partial charge in [0, 0.05) is 12.1 Å². The summed E-state index contributed by atoms with van der Waals surface area (Å²) in [5.74, 6) is 0.193. The maximum Gasteiger partial charge on any atom is 0.252 e. The van der Waals surface area contributed by atoms with Crippen molar-refractivity contribution in [1.82, 2.24) is 0 Å². The van der Waals surface area contributed by atoms with Gasteiger partial charge in [0.05, 0.1) is 21.7 Å². The Morgan fingerprint density at radius 3 is 1.86 bits per heavy atom. The summed E-state index contributed by atoms with van der Waals surface area (Å²) in [4.78, 5) is 0. The molecule has 0 amide bonds. The number of hydrogen-bond acceptors (Lipinski definition) is 2. The number of aromatic nitrogens is 1. The van der Waals surface area contributed by atoms with Crippen LogP contribution in [-0.2, 0) is 11.5 Å². The molecule has 1 aromatic heterocycles. The molecule has 0 aliphatic carbocycles. The molecule has 0 unspecified atom stereocenters. The highest BCUT2D eigenvalue weighted by molar-refractivity contribution is 6.55. The van der Waals surface area contributed by atoms with E-state index in [1.54, 1.807) is 0 Å². The van der Waals surface area contributed by atoms with Gasteiger partial charge in [0.2, 0.25) is 0 Å². The van der Waals surface area contributed by atoms with Crippen molar-refractivity contribution in [2.24, 2.45) is 0 Å². The van der Waals surface area contributed by atoms with Crippen LogP contribution in [0.4, 0.5) is 0 Å². The summed E-state index contributed by atoms with van der Waals surface area (Å²) in [6, 6.07) is 5.76. The van der Waals surface area contributed by atoms with Gasteiger partial charge in [0.15, 0.2) is 18.1 Å². The van der Waals surface area contributed by atoms with Crippen LogP contribution in [0.3, 0.4) is 0 Å². The van der Waals surface area contributed by atoms with E-state index in [4.69, 9.17) is 67.5 Å². The lowest BCUT2D eigenvalue weighted by Gasteiger charge is -2.13. The molecule has 2 rings (SSSR count). The minimum absolute atomic E-state index is 0.0995. The van der Waals surface area contributed by atoms with Crippen LogP contribution in [0.25, 0.3) is 0 Å². The molecular weight excluding hydrogens is 391 g/mol. The normalized spacial score (nSPS) is 10.8. The molecule has 1 heterocycles. The summed E-state index contributed by atoms with van der Waals surface area (Å²) in [5.41, 5.74) is 0. The smallest absolute Gasteiger partial charge is 0.252 e. The molecule has 0 atom stereocenters. The maximum absolute atomic E-state index is 6.06. The van der Waals surface area contributed by atoms with Gasteiger partial charge in [-0.15, -0.1) is 0 Å². The second-order valence-corrected chi connectivity index (χ2v) is 6.06. The highest BCUT2D eigenvalue weighted by atomic mass is 35.5. The molecule has 0 N–H and O–H groups in total. The zero-order valence-corrected chi connectivity index (χ0v) is 14.9. The lowest BCUT2D eigenvalue weighted by molar-refractivity contribution is -0.732. The predicted octanol–water partition coefficient (Wildman–Crippen LogP) is 5.29. The first-order chi connectivity index (χ1) is 10.5. The van der Waals surface area contributed by atoms with Crippen molar-refractivity contribution in [3.8, 4) is 5.75 Å². The van der Waals surface area contributed by atoms with Crippen molar-refractivity contribution in [3.05, 3.63) is 55.7 Å². The molecule has 118 valence electrons. The molecule has 1 aromatic carbocycles. The molecule has 0 spiro atoms. The Kier molecular flexibility index (Phi) is 6.87. The Balaban J connectivity index is 1.90. The largest absolute Gasteiger partial charge is 0.488 e. The number of ether oxygens (including phenoxy) is 2. The molecule has 0 bridgehead atoms. The average Bonchev–Trinajstić information content (AvgIpc) is 2.54. The van der Waals surface area contributed by atoms with Crippen molar-refractivity contribution in [2.45, 2.75) is 6.73 Å². The van der Waals surface area contributed by atoms with Crippen molar-refractivity contribution in [2.75, 3.05) is 13.2 Å². The van der Waals surface area contributed by atoms with E-state index in [1.807, 2.05) is 35.2 Å². The van der Waals surface area contributed by atoms with Crippen LogP contribution in [0.2, 0.25) is 25.1 Å². The third-order valence-corrected chi connectivity index (χ3v) is 4.90. The van der Waals surface area contributed by atoms with Gasteiger partial charge < -0.3 is 9.47 Å². The molecule has 0 fully saturated rings. The maximum atomic E-state index is 6.06. The Bertz CT molecular complexity index is 622. The van der Waals surface area contributed by atoms with E-state index in [0.717, 1.165) is 0 Å². The zero-order chi connectivity index (χ0) is 16.1. The summed E-state index contributed by atoms with van der Waals surface area (Å²) < 4.78 is 12.8. The first-order valence-electron chi connectivity index (χ1n) is 6.18. The van der Waals surface area contributed by atoms with Gasteiger partial charge in [0.1, 0.15) is 16.7 Å². The van der Waals surface area contributed by atoms with Gasteiger partial charge in [-0.3, -0.25) is 0 Å². The molecule has 0 aliphatic rings. The summed E-state index contributed by atoms with van der Waals surface area (Å²) >= 11 is 29.9. The summed E-state index contributed by atoms with van der Waals surface area (Å²) in [6.45, 7) is 0.987. The minimum atomic E-state index is 0.0995. The second-order valence-electron chi connectivity index (χ2n) is 4.17. The quantitative estimate of drug-likeness (QED) is 0.283. The number of hydrogen-bond donors (Lipinski definition) is 0. The zero-order valence-electron chi connectivity index (χ0n) is 11.2. The Morgan fingerprint density at radius 2 is 1.27 bits per heavy atom. The molecular formula is C14H11Cl5NO2+. The van der Waals surface area contributed by atoms with Crippen LogP contribution < -0.4 is 9.30 Å². The Morgan fingerprint density at radius 1 is 0.727 bits per heavy atom.